The molecule has 0 aliphatic carbocycles. The van der Waals surface area contributed by atoms with E-state index in [0.717, 1.165) is 10.5 Å². The topological polar surface area (TPSA) is 66.8 Å². The first-order valence-electron chi connectivity index (χ1n) is 5.59. The molecule has 1 rings (SSSR count). The lowest BCUT2D eigenvalue weighted by molar-refractivity contribution is -0.148. The first kappa shape index (κ1) is 14.0. The monoisotopic (exact) mass is 251 g/mol. The normalized spacial score (nSPS) is 11.7. The molecule has 0 aromatic heterocycles. The van der Waals surface area contributed by atoms with E-state index in [0.29, 0.717) is 5.75 Å². The van der Waals surface area contributed by atoms with Gasteiger partial charge in [0.2, 0.25) is 0 Å². The van der Waals surface area contributed by atoms with Crippen LogP contribution in [0.2, 0.25) is 0 Å². The fourth-order valence-corrected chi connectivity index (χ4v) is 1.33. The SMILES string of the molecule is Cc1cccc(OCC(=O)N(C)C(C)C(=O)O)c1. The summed E-state index contributed by atoms with van der Waals surface area (Å²) in [5.41, 5.74) is 1.03. The van der Waals surface area contributed by atoms with E-state index in [1.807, 2.05) is 25.1 Å². The van der Waals surface area contributed by atoms with Crippen LogP contribution >= 0.6 is 0 Å². The summed E-state index contributed by atoms with van der Waals surface area (Å²) >= 11 is 0. The highest BCUT2D eigenvalue weighted by Crippen LogP contribution is 2.12. The summed E-state index contributed by atoms with van der Waals surface area (Å²) in [5.74, 6) is -0.812. The molecule has 0 saturated carbocycles. The van der Waals surface area contributed by atoms with Crippen LogP contribution in [-0.2, 0) is 9.59 Å². The van der Waals surface area contributed by atoms with Crippen LogP contribution in [0.25, 0.3) is 0 Å². The summed E-state index contributed by atoms with van der Waals surface area (Å²) in [6.07, 6.45) is 0. The molecule has 0 saturated heterocycles. The third-order valence-electron chi connectivity index (χ3n) is 2.68. The molecule has 1 aromatic carbocycles. The summed E-state index contributed by atoms with van der Waals surface area (Å²) in [7, 11) is 1.45. The van der Waals surface area contributed by atoms with Crippen molar-refractivity contribution in [3.8, 4) is 5.75 Å². The van der Waals surface area contributed by atoms with Crippen molar-refractivity contribution in [2.45, 2.75) is 19.9 Å². The Morgan fingerprint density at radius 2 is 2.11 bits per heavy atom. The highest BCUT2D eigenvalue weighted by molar-refractivity contribution is 5.84. The van der Waals surface area contributed by atoms with Crippen molar-refractivity contribution in [2.24, 2.45) is 0 Å². The van der Waals surface area contributed by atoms with Gasteiger partial charge in [-0.3, -0.25) is 4.79 Å². The number of hydrogen-bond acceptors (Lipinski definition) is 3. The lowest BCUT2D eigenvalue weighted by Gasteiger charge is -2.21. The van der Waals surface area contributed by atoms with Crippen molar-refractivity contribution in [3.63, 3.8) is 0 Å². The van der Waals surface area contributed by atoms with Crippen molar-refractivity contribution in [2.75, 3.05) is 13.7 Å². The number of amides is 1. The molecule has 5 heteroatoms. The minimum absolute atomic E-state index is 0.169. The van der Waals surface area contributed by atoms with E-state index in [1.165, 1.54) is 14.0 Å². The molecule has 98 valence electrons. The Morgan fingerprint density at radius 3 is 2.67 bits per heavy atom. The number of aryl methyl sites for hydroxylation is 1. The van der Waals surface area contributed by atoms with Crippen LogP contribution in [0, 0.1) is 6.92 Å². The Morgan fingerprint density at radius 1 is 1.44 bits per heavy atom. The first-order valence-corrected chi connectivity index (χ1v) is 5.59. The van der Waals surface area contributed by atoms with Gasteiger partial charge in [0.15, 0.2) is 6.61 Å². The van der Waals surface area contributed by atoms with Gasteiger partial charge in [0.05, 0.1) is 0 Å². The average molecular weight is 251 g/mol. The van der Waals surface area contributed by atoms with Gasteiger partial charge < -0.3 is 14.7 Å². The summed E-state index contributed by atoms with van der Waals surface area (Å²) < 4.78 is 5.32. The van der Waals surface area contributed by atoms with E-state index in [4.69, 9.17) is 9.84 Å². The smallest absolute Gasteiger partial charge is 0.326 e. The number of hydrogen-bond donors (Lipinski definition) is 1. The van der Waals surface area contributed by atoms with Gasteiger partial charge in [-0.1, -0.05) is 12.1 Å². The molecule has 1 aromatic rings. The summed E-state index contributed by atoms with van der Waals surface area (Å²) in [6, 6.07) is 6.46. The van der Waals surface area contributed by atoms with Crippen molar-refractivity contribution < 1.29 is 19.4 Å². The molecule has 1 unspecified atom stereocenters. The third kappa shape index (κ3) is 3.76. The third-order valence-corrected chi connectivity index (χ3v) is 2.68. The van der Waals surface area contributed by atoms with Crippen LogP contribution in [-0.4, -0.2) is 41.6 Å². The number of carbonyl (C=O) groups excluding carboxylic acids is 1. The van der Waals surface area contributed by atoms with Crippen LogP contribution < -0.4 is 4.74 Å². The molecule has 1 N–H and O–H groups in total. The Hall–Kier alpha value is -2.04. The second-order valence-electron chi connectivity index (χ2n) is 4.12. The van der Waals surface area contributed by atoms with E-state index in [-0.39, 0.29) is 12.5 Å². The number of ether oxygens (including phenoxy) is 1. The van der Waals surface area contributed by atoms with E-state index < -0.39 is 12.0 Å². The van der Waals surface area contributed by atoms with E-state index in [9.17, 15) is 9.59 Å². The second kappa shape index (κ2) is 6.05. The molecular formula is C13H17NO4. The molecule has 1 atom stereocenters. The number of likely N-dealkylation sites (N-methyl/N-ethyl adjacent to an activating group) is 1. The zero-order valence-electron chi connectivity index (χ0n) is 10.7. The Labute approximate surface area is 106 Å². The van der Waals surface area contributed by atoms with Gasteiger partial charge in [0.25, 0.3) is 5.91 Å². The molecule has 0 spiro atoms. The molecule has 0 radical (unpaired) electrons. The zero-order chi connectivity index (χ0) is 13.7. The van der Waals surface area contributed by atoms with Gasteiger partial charge in [-0.05, 0) is 31.5 Å². The van der Waals surface area contributed by atoms with Crippen molar-refractivity contribution in [1.82, 2.24) is 4.90 Å². The number of benzene rings is 1. The molecule has 0 aliphatic heterocycles. The molecule has 5 nitrogen and oxygen atoms in total. The molecule has 0 fully saturated rings. The lowest BCUT2D eigenvalue weighted by Crippen LogP contribution is -2.42. The largest absolute Gasteiger partial charge is 0.484 e. The molecular weight excluding hydrogens is 234 g/mol. The van der Waals surface area contributed by atoms with E-state index in [2.05, 4.69) is 0 Å². The number of rotatable bonds is 5. The number of carbonyl (C=O) groups is 2. The summed E-state index contributed by atoms with van der Waals surface area (Å²) in [4.78, 5) is 23.6. The van der Waals surface area contributed by atoms with Crippen molar-refractivity contribution in [1.29, 1.82) is 0 Å². The predicted molar refractivity (Wildman–Crippen MR) is 66.5 cm³/mol. The van der Waals surface area contributed by atoms with Gasteiger partial charge in [-0.15, -0.1) is 0 Å². The van der Waals surface area contributed by atoms with Crippen LogP contribution in [0.1, 0.15) is 12.5 Å². The van der Waals surface area contributed by atoms with E-state index in [1.54, 1.807) is 6.07 Å². The maximum atomic E-state index is 11.7. The lowest BCUT2D eigenvalue weighted by atomic mass is 10.2. The number of carboxylic acids is 1. The molecule has 0 aliphatic rings. The van der Waals surface area contributed by atoms with Crippen LogP contribution in [0.3, 0.4) is 0 Å². The molecule has 0 bridgehead atoms. The summed E-state index contributed by atoms with van der Waals surface area (Å²) in [6.45, 7) is 3.21. The van der Waals surface area contributed by atoms with Crippen LogP contribution in [0.15, 0.2) is 24.3 Å². The zero-order valence-corrected chi connectivity index (χ0v) is 10.7. The van der Waals surface area contributed by atoms with Crippen LogP contribution in [0.5, 0.6) is 5.75 Å². The standard InChI is InChI=1S/C13H17NO4/c1-9-5-4-6-11(7-9)18-8-12(15)14(3)10(2)13(16)17/h4-7,10H,8H2,1-3H3,(H,16,17). The van der Waals surface area contributed by atoms with Crippen molar-refractivity contribution in [3.05, 3.63) is 29.8 Å². The molecule has 1 amide bonds. The fourth-order valence-electron chi connectivity index (χ4n) is 1.33. The average Bonchev–Trinajstić information content (AvgIpc) is 2.34. The number of nitrogens with zero attached hydrogens (tertiary/aromatic N) is 1. The van der Waals surface area contributed by atoms with Gasteiger partial charge in [0.1, 0.15) is 11.8 Å². The highest BCUT2D eigenvalue weighted by atomic mass is 16.5. The second-order valence-corrected chi connectivity index (χ2v) is 4.12. The highest BCUT2D eigenvalue weighted by Gasteiger charge is 2.21. The first-order chi connectivity index (χ1) is 8.41. The minimum Gasteiger partial charge on any atom is -0.484 e. The van der Waals surface area contributed by atoms with Gasteiger partial charge in [-0.2, -0.15) is 0 Å². The fraction of sp³-hybridized carbons (Fsp3) is 0.385. The van der Waals surface area contributed by atoms with Gasteiger partial charge in [0, 0.05) is 7.05 Å². The minimum atomic E-state index is -1.04. The van der Waals surface area contributed by atoms with Crippen molar-refractivity contribution >= 4 is 11.9 Å². The quantitative estimate of drug-likeness (QED) is 0.856. The van der Waals surface area contributed by atoms with Gasteiger partial charge in [-0.25, -0.2) is 4.79 Å². The number of carboxylic acid groups (broad SMARTS) is 1. The van der Waals surface area contributed by atoms with Crippen LogP contribution in [0.4, 0.5) is 0 Å². The Bertz CT molecular complexity index is 444. The van der Waals surface area contributed by atoms with Gasteiger partial charge >= 0.3 is 5.97 Å². The maximum Gasteiger partial charge on any atom is 0.326 e. The Balaban J connectivity index is 2.53. The Kier molecular flexibility index (Phi) is 4.71. The molecule has 0 heterocycles. The predicted octanol–water partition coefficient (Wildman–Crippen LogP) is 1.31. The molecule has 18 heavy (non-hydrogen) atoms. The van der Waals surface area contributed by atoms with E-state index >= 15 is 0 Å². The summed E-state index contributed by atoms with van der Waals surface area (Å²) in [5, 5.41) is 8.79. The number of aliphatic carboxylic acids is 1. The maximum absolute atomic E-state index is 11.7.